The van der Waals surface area contributed by atoms with Gasteiger partial charge in [0.2, 0.25) is 5.91 Å². The van der Waals surface area contributed by atoms with Crippen molar-refractivity contribution in [2.75, 3.05) is 18.1 Å². The molecule has 0 fully saturated rings. The lowest BCUT2D eigenvalue weighted by Gasteiger charge is -2.22. The quantitative estimate of drug-likeness (QED) is 0.794. The van der Waals surface area contributed by atoms with E-state index < -0.39 is 17.6 Å². The van der Waals surface area contributed by atoms with Gasteiger partial charge < -0.3 is 15.4 Å². The average Bonchev–Trinajstić information content (AvgIpc) is 2.56. The molecule has 5 nitrogen and oxygen atoms in total. The molecule has 0 unspecified atom stereocenters. The first-order valence-corrected chi connectivity index (χ1v) is 8.05. The molecular weight excluding hydrogens is 370 g/mol. The number of amides is 2. The first kappa shape index (κ1) is 19.0. The SMILES string of the molecule is NC(=O)CCN(C(=O)COc1c(Cl)cccc1Cl)c1ccc(F)cc1. The highest BCUT2D eigenvalue weighted by Gasteiger charge is 2.18. The third kappa shape index (κ3) is 5.34. The van der Waals surface area contributed by atoms with E-state index in [4.69, 9.17) is 33.7 Å². The number of halogens is 3. The summed E-state index contributed by atoms with van der Waals surface area (Å²) in [6.07, 6.45) is -0.0457. The normalized spacial score (nSPS) is 10.4. The lowest BCUT2D eigenvalue weighted by Crippen LogP contribution is -2.37. The van der Waals surface area contributed by atoms with Crippen LogP contribution in [0.25, 0.3) is 0 Å². The molecule has 0 atom stereocenters. The van der Waals surface area contributed by atoms with Crippen LogP contribution in [0.5, 0.6) is 5.75 Å². The Bertz CT molecular complexity index is 749. The summed E-state index contributed by atoms with van der Waals surface area (Å²) >= 11 is 12.0. The van der Waals surface area contributed by atoms with Crippen LogP contribution in [0, 0.1) is 5.82 Å². The second-order valence-corrected chi connectivity index (χ2v) is 5.89. The van der Waals surface area contributed by atoms with Gasteiger partial charge in [0, 0.05) is 18.7 Å². The molecule has 0 aliphatic carbocycles. The lowest BCUT2D eigenvalue weighted by molar-refractivity contribution is -0.120. The molecule has 2 amide bonds. The molecule has 2 aromatic carbocycles. The van der Waals surface area contributed by atoms with E-state index in [9.17, 15) is 14.0 Å². The van der Waals surface area contributed by atoms with Gasteiger partial charge in [-0.05, 0) is 36.4 Å². The lowest BCUT2D eigenvalue weighted by atomic mass is 10.2. The minimum atomic E-state index is -0.560. The first-order valence-electron chi connectivity index (χ1n) is 7.29. The largest absolute Gasteiger partial charge is 0.481 e. The summed E-state index contributed by atoms with van der Waals surface area (Å²) < 4.78 is 18.5. The van der Waals surface area contributed by atoms with Gasteiger partial charge in [-0.15, -0.1) is 0 Å². The van der Waals surface area contributed by atoms with E-state index in [2.05, 4.69) is 0 Å². The van der Waals surface area contributed by atoms with Gasteiger partial charge in [0.25, 0.3) is 5.91 Å². The van der Waals surface area contributed by atoms with Crippen LogP contribution in [0.1, 0.15) is 6.42 Å². The van der Waals surface area contributed by atoms with E-state index in [0.717, 1.165) is 0 Å². The van der Waals surface area contributed by atoms with Crippen LogP contribution in [-0.4, -0.2) is 25.0 Å². The van der Waals surface area contributed by atoms with Gasteiger partial charge >= 0.3 is 0 Å². The minimum Gasteiger partial charge on any atom is -0.481 e. The first-order chi connectivity index (χ1) is 11.9. The number of carbonyl (C=O) groups excluding carboxylic acids is 2. The van der Waals surface area contributed by atoms with Crippen molar-refractivity contribution in [1.29, 1.82) is 0 Å². The van der Waals surface area contributed by atoms with Crippen molar-refractivity contribution in [2.45, 2.75) is 6.42 Å². The topological polar surface area (TPSA) is 72.6 Å². The fourth-order valence-electron chi connectivity index (χ4n) is 2.07. The highest BCUT2D eigenvalue weighted by molar-refractivity contribution is 6.37. The summed E-state index contributed by atoms with van der Waals surface area (Å²) in [5, 5.41) is 0.538. The Morgan fingerprint density at radius 3 is 2.24 bits per heavy atom. The molecule has 0 saturated heterocycles. The van der Waals surface area contributed by atoms with Crippen LogP contribution in [0.2, 0.25) is 10.0 Å². The van der Waals surface area contributed by atoms with Crippen LogP contribution in [-0.2, 0) is 9.59 Å². The molecule has 132 valence electrons. The average molecular weight is 385 g/mol. The number of benzene rings is 2. The van der Waals surface area contributed by atoms with E-state index in [-0.39, 0.29) is 35.4 Å². The predicted octanol–water partition coefficient (Wildman–Crippen LogP) is 3.42. The molecule has 2 aromatic rings. The number of anilines is 1. The fraction of sp³-hybridized carbons (Fsp3) is 0.176. The Morgan fingerprint density at radius 1 is 1.08 bits per heavy atom. The molecule has 25 heavy (non-hydrogen) atoms. The maximum Gasteiger partial charge on any atom is 0.264 e. The predicted molar refractivity (Wildman–Crippen MR) is 94.5 cm³/mol. The van der Waals surface area contributed by atoms with E-state index >= 15 is 0 Å². The van der Waals surface area contributed by atoms with Crippen molar-refractivity contribution in [2.24, 2.45) is 5.73 Å². The van der Waals surface area contributed by atoms with Crippen molar-refractivity contribution in [1.82, 2.24) is 0 Å². The Morgan fingerprint density at radius 2 is 1.68 bits per heavy atom. The second kappa shape index (κ2) is 8.69. The van der Waals surface area contributed by atoms with E-state index in [1.165, 1.54) is 29.2 Å². The van der Waals surface area contributed by atoms with E-state index in [1.54, 1.807) is 18.2 Å². The maximum atomic E-state index is 13.1. The van der Waals surface area contributed by atoms with Gasteiger partial charge in [0.15, 0.2) is 12.4 Å². The summed E-state index contributed by atoms with van der Waals surface area (Å²) in [5.41, 5.74) is 5.56. The van der Waals surface area contributed by atoms with Gasteiger partial charge in [-0.1, -0.05) is 29.3 Å². The van der Waals surface area contributed by atoms with Gasteiger partial charge in [0.1, 0.15) is 5.82 Å². The molecule has 0 bridgehead atoms. The number of primary amides is 1. The van der Waals surface area contributed by atoms with Crippen molar-refractivity contribution in [3.63, 3.8) is 0 Å². The number of nitrogens with zero attached hydrogens (tertiary/aromatic N) is 1. The molecule has 8 heteroatoms. The van der Waals surface area contributed by atoms with Crippen LogP contribution < -0.4 is 15.4 Å². The third-order valence-electron chi connectivity index (χ3n) is 3.28. The van der Waals surface area contributed by atoms with Gasteiger partial charge in [-0.25, -0.2) is 4.39 Å². The number of carbonyl (C=O) groups is 2. The molecule has 0 aliphatic rings. The number of hydrogen-bond donors (Lipinski definition) is 1. The zero-order valence-corrected chi connectivity index (χ0v) is 14.6. The maximum absolute atomic E-state index is 13.1. The second-order valence-electron chi connectivity index (χ2n) is 5.08. The van der Waals surface area contributed by atoms with Crippen LogP contribution in [0.3, 0.4) is 0 Å². The van der Waals surface area contributed by atoms with Gasteiger partial charge in [0.05, 0.1) is 10.0 Å². The summed E-state index contributed by atoms with van der Waals surface area (Å²) in [4.78, 5) is 24.8. The smallest absolute Gasteiger partial charge is 0.264 e. The Labute approximate surface area is 154 Å². The molecular formula is C17H15Cl2FN2O3. The van der Waals surface area contributed by atoms with Crippen molar-refractivity contribution in [3.8, 4) is 5.75 Å². The zero-order chi connectivity index (χ0) is 18.4. The van der Waals surface area contributed by atoms with Gasteiger partial charge in [-0.3, -0.25) is 9.59 Å². The monoisotopic (exact) mass is 384 g/mol. The highest BCUT2D eigenvalue weighted by atomic mass is 35.5. The van der Waals surface area contributed by atoms with Crippen molar-refractivity contribution < 1.29 is 18.7 Å². The zero-order valence-electron chi connectivity index (χ0n) is 13.0. The molecule has 0 heterocycles. The standard InChI is InChI=1S/C17H15Cl2FN2O3/c18-13-2-1-3-14(19)17(13)25-10-16(24)22(9-8-15(21)23)12-6-4-11(20)5-7-12/h1-7H,8-10H2,(H2,21,23). The van der Waals surface area contributed by atoms with Crippen molar-refractivity contribution in [3.05, 3.63) is 58.3 Å². The van der Waals surface area contributed by atoms with Crippen LogP contribution in [0.15, 0.2) is 42.5 Å². The van der Waals surface area contributed by atoms with E-state index in [1.807, 2.05) is 0 Å². The highest BCUT2D eigenvalue weighted by Crippen LogP contribution is 2.32. The number of hydrogen-bond acceptors (Lipinski definition) is 3. The number of rotatable bonds is 7. The Balaban J connectivity index is 2.14. The molecule has 0 saturated carbocycles. The summed E-state index contributed by atoms with van der Waals surface area (Å²) in [6, 6.07) is 10.1. The van der Waals surface area contributed by atoms with E-state index in [0.29, 0.717) is 5.69 Å². The van der Waals surface area contributed by atoms with Crippen molar-refractivity contribution >= 4 is 40.7 Å². The van der Waals surface area contributed by atoms with Crippen LogP contribution >= 0.6 is 23.2 Å². The molecule has 0 aromatic heterocycles. The summed E-state index contributed by atoms with van der Waals surface area (Å²) in [5.74, 6) is -1.27. The Kier molecular flexibility index (Phi) is 6.61. The van der Waals surface area contributed by atoms with Crippen LogP contribution in [0.4, 0.5) is 10.1 Å². The molecule has 0 radical (unpaired) electrons. The fourth-order valence-corrected chi connectivity index (χ4v) is 2.58. The molecule has 0 spiro atoms. The molecule has 2 rings (SSSR count). The molecule has 0 aliphatic heterocycles. The number of ether oxygens (including phenoxy) is 1. The van der Waals surface area contributed by atoms with Gasteiger partial charge in [-0.2, -0.15) is 0 Å². The third-order valence-corrected chi connectivity index (χ3v) is 3.88. The summed E-state index contributed by atoms with van der Waals surface area (Å²) in [7, 11) is 0. The Hall–Kier alpha value is -2.31. The number of nitrogens with two attached hydrogens (primary N) is 1. The summed E-state index contributed by atoms with van der Waals surface area (Å²) in [6.45, 7) is -0.320. The molecule has 2 N–H and O–H groups in total. The number of para-hydroxylation sites is 1. The minimum absolute atomic E-state index is 0.0411.